The summed E-state index contributed by atoms with van der Waals surface area (Å²) in [4.78, 5) is 0. The van der Waals surface area contributed by atoms with Crippen LogP contribution in [-0.4, -0.2) is 20.3 Å². The minimum Gasteiger partial charge on any atom is -0.405 e. The smallest absolute Gasteiger partial charge is 0.405 e. The molecule has 0 aromatic rings. The Morgan fingerprint density at radius 2 is 2.08 bits per heavy atom. The van der Waals surface area contributed by atoms with Crippen molar-refractivity contribution in [3.05, 3.63) is 35.9 Å². The second kappa shape index (κ2) is 3.94. The molecule has 1 atom stereocenters. The van der Waals surface area contributed by atoms with E-state index in [4.69, 9.17) is 9.31 Å². The first kappa shape index (κ1) is 8.79. The molecule has 13 heavy (non-hydrogen) atoms. The molecule has 0 radical (unpaired) electrons. The Labute approximate surface area is 79.1 Å². The van der Waals surface area contributed by atoms with E-state index in [2.05, 4.69) is 37.3 Å². The molecule has 2 aliphatic rings. The number of rotatable bonds is 1. The van der Waals surface area contributed by atoms with E-state index in [1.165, 1.54) is 0 Å². The highest BCUT2D eigenvalue weighted by Gasteiger charge is 2.26. The molecule has 1 saturated heterocycles. The fourth-order valence-corrected chi connectivity index (χ4v) is 1.43. The van der Waals surface area contributed by atoms with E-state index in [0.717, 1.165) is 5.47 Å². The molecule has 0 saturated carbocycles. The zero-order chi connectivity index (χ0) is 9.10. The van der Waals surface area contributed by atoms with Crippen molar-refractivity contribution in [3.8, 4) is 0 Å². The van der Waals surface area contributed by atoms with Crippen molar-refractivity contribution in [2.24, 2.45) is 5.92 Å². The minimum absolute atomic E-state index is 0.147. The maximum Gasteiger partial charge on any atom is 0.494 e. The average Bonchev–Trinajstić information content (AvgIpc) is 2.56. The van der Waals surface area contributed by atoms with Crippen LogP contribution in [0.4, 0.5) is 0 Å². The molecule has 0 bridgehead atoms. The summed E-state index contributed by atoms with van der Waals surface area (Å²) in [5, 5.41) is 0. The summed E-state index contributed by atoms with van der Waals surface area (Å²) in [5.41, 5.74) is 1.11. The minimum atomic E-state index is -0.147. The molecular weight excluding hydrogens is 163 g/mol. The highest BCUT2D eigenvalue weighted by atomic mass is 16.6. The van der Waals surface area contributed by atoms with Gasteiger partial charge in [-0.1, -0.05) is 37.3 Å². The average molecular weight is 176 g/mol. The van der Waals surface area contributed by atoms with Gasteiger partial charge in [0.05, 0.1) is 13.2 Å². The van der Waals surface area contributed by atoms with Gasteiger partial charge in [-0.25, -0.2) is 0 Å². The fourth-order valence-electron chi connectivity index (χ4n) is 1.43. The van der Waals surface area contributed by atoms with Crippen LogP contribution in [-0.2, 0) is 9.31 Å². The predicted molar refractivity (Wildman–Crippen MR) is 53.2 cm³/mol. The molecule has 3 heteroatoms. The summed E-state index contributed by atoms with van der Waals surface area (Å²) in [7, 11) is -0.147. The van der Waals surface area contributed by atoms with Crippen molar-refractivity contribution >= 4 is 7.12 Å². The Hall–Kier alpha value is -0.795. The van der Waals surface area contributed by atoms with Gasteiger partial charge in [0.1, 0.15) is 0 Å². The van der Waals surface area contributed by atoms with Crippen LogP contribution in [0.5, 0.6) is 0 Å². The van der Waals surface area contributed by atoms with Crippen molar-refractivity contribution in [1.82, 2.24) is 0 Å². The van der Waals surface area contributed by atoms with Crippen LogP contribution >= 0.6 is 0 Å². The maximum absolute atomic E-state index is 5.41. The molecule has 2 rings (SSSR count). The molecule has 1 heterocycles. The van der Waals surface area contributed by atoms with E-state index < -0.39 is 0 Å². The number of allylic oxidation sites excluding steroid dienone is 6. The summed E-state index contributed by atoms with van der Waals surface area (Å²) in [6.07, 6.45) is 10.5. The van der Waals surface area contributed by atoms with Gasteiger partial charge in [0.25, 0.3) is 0 Å². The van der Waals surface area contributed by atoms with Crippen LogP contribution in [0.2, 0.25) is 0 Å². The van der Waals surface area contributed by atoms with Gasteiger partial charge in [0, 0.05) is 0 Å². The lowest BCUT2D eigenvalue weighted by Crippen LogP contribution is -2.16. The summed E-state index contributed by atoms with van der Waals surface area (Å²) >= 11 is 0. The monoisotopic (exact) mass is 176 g/mol. The Balaban J connectivity index is 2.10. The number of hydrogen-bond acceptors (Lipinski definition) is 2. The van der Waals surface area contributed by atoms with Gasteiger partial charge in [-0.05, 0) is 11.4 Å². The second-order valence-electron chi connectivity index (χ2n) is 3.34. The van der Waals surface area contributed by atoms with Gasteiger partial charge in [-0.15, -0.1) is 0 Å². The SMILES string of the molecule is CC1C=CC=C(B2OCCO2)C=C1. The summed E-state index contributed by atoms with van der Waals surface area (Å²) < 4.78 is 10.8. The Morgan fingerprint density at radius 1 is 1.31 bits per heavy atom. The molecule has 0 aromatic heterocycles. The third-order valence-corrected chi connectivity index (χ3v) is 2.19. The van der Waals surface area contributed by atoms with Crippen LogP contribution < -0.4 is 0 Å². The molecule has 1 aliphatic heterocycles. The van der Waals surface area contributed by atoms with E-state index in [-0.39, 0.29) is 7.12 Å². The Kier molecular flexibility index (Phi) is 2.66. The van der Waals surface area contributed by atoms with Gasteiger partial charge < -0.3 is 9.31 Å². The van der Waals surface area contributed by atoms with Crippen LogP contribution in [0.15, 0.2) is 35.9 Å². The van der Waals surface area contributed by atoms with E-state index in [9.17, 15) is 0 Å². The highest BCUT2D eigenvalue weighted by Crippen LogP contribution is 2.15. The second-order valence-corrected chi connectivity index (χ2v) is 3.34. The third kappa shape index (κ3) is 2.11. The van der Waals surface area contributed by atoms with E-state index >= 15 is 0 Å². The van der Waals surface area contributed by atoms with Crippen molar-refractivity contribution < 1.29 is 9.31 Å². The molecule has 68 valence electrons. The zero-order valence-corrected chi connectivity index (χ0v) is 7.77. The first-order valence-electron chi connectivity index (χ1n) is 4.66. The maximum atomic E-state index is 5.41. The summed E-state index contributed by atoms with van der Waals surface area (Å²) in [5.74, 6) is 0.496. The van der Waals surface area contributed by atoms with Gasteiger partial charge in [0.2, 0.25) is 0 Å². The molecule has 0 N–H and O–H groups in total. The molecule has 0 aromatic carbocycles. The lowest BCUT2D eigenvalue weighted by atomic mass is 9.78. The van der Waals surface area contributed by atoms with Gasteiger partial charge in [-0.3, -0.25) is 0 Å². The fraction of sp³-hybridized carbons (Fsp3) is 0.400. The predicted octanol–water partition coefficient (Wildman–Crippen LogP) is 1.75. The third-order valence-electron chi connectivity index (χ3n) is 2.19. The Bertz CT molecular complexity index is 262. The topological polar surface area (TPSA) is 18.5 Å². The van der Waals surface area contributed by atoms with E-state index in [0.29, 0.717) is 19.1 Å². The molecule has 1 fully saturated rings. The quantitative estimate of drug-likeness (QED) is 0.566. The lowest BCUT2D eigenvalue weighted by molar-refractivity contribution is 0.365. The summed E-state index contributed by atoms with van der Waals surface area (Å²) in [6.45, 7) is 3.56. The van der Waals surface area contributed by atoms with Gasteiger partial charge >= 0.3 is 7.12 Å². The zero-order valence-electron chi connectivity index (χ0n) is 7.77. The van der Waals surface area contributed by atoms with Crippen molar-refractivity contribution in [2.45, 2.75) is 6.92 Å². The van der Waals surface area contributed by atoms with Crippen molar-refractivity contribution in [1.29, 1.82) is 0 Å². The lowest BCUT2D eigenvalue weighted by Gasteiger charge is -2.03. The van der Waals surface area contributed by atoms with Crippen LogP contribution in [0, 0.1) is 5.92 Å². The van der Waals surface area contributed by atoms with Crippen LogP contribution in [0.1, 0.15) is 6.92 Å². The van der Waals surface area contributed by atoms with Crippen molar-refractivity contribution in [2.75, 3.05) is 13.2 Å². The molecule has 2 nitrogen and oxygen atoms in total. The molecule has 1 aliphatic carbocycles. The molecule has 0 amide bonds. The summed E-state index contributed by atoms with van der Waals surface area (Å²) in [6, 6.07) is 0. The van der Waals surface area contributed by atoms with E-state index in [1.54, 1.807) is 0 Å². The Morgan fingerprint density at radius 3 is 2.85 bits per heavy atom. The number of hydrogen-bond donors (Lipinski definition) is 0. The highest BCUT2D eigenvalue weighted by molar-refractivity contribution is 6.55. The molecule has 0 spiro atoms. The van der Waals surface area contributed by atoms with E-state index in [1.807, 2.05) is 0 Å². The largest absolute Gasteiger partial charge is 0.494 e. The molecule has 1 unspecified atom stereocenters. The van der Waals surface area contributed by atoms with Gasteiger partial charge in [-0.2, -0.15) is 0 Å². The first-order valence-corrected chi connectivity index (χ1v) is 4.66. The first-order chi connectivity index (χ1) is 6.36. The van der Waals surface area contributed by atoms with Gasteiger partial charge in [0.15, 0.2) is 0 Å². The standard InChI is InChI=1S/C10H13BO2/c1-9-3-2-4-10(6-5-9)11-12-7-8-13-11/h2-6,9H,7-8H2,1H3. The van der Waals surface area contributed by atoms with Crippen LogP contribution in [0.25, 0.3) is 0 Å². The van der Waals surface area contributed by atoms with Crippen LogP contribution in [0.3, 0.4) is 0 Å². The molecular formula is C10H13BO2. The normalized spacial score (nSPS) is 27.6. The van der Waals surface area contributed by atoms with Crippen molar-refractivity contribution in [3.63, 3.8) is 0 Å².